The summed E-state index contributed by atoms with van der Waals surface area (Å²) in [5.41, 5.74) is -0.586. The average molecular weight is 255 g/mol. The SMILES string of the molecule is CC(C)(C)OC(=O)N1C(C(=O)O)CCC1C1CC1. The van der Waals surface area contributed by atoms with Gasteiger partial charge in [-0.3, -0.25) is 4.90 Å². The number of hydrogen-bond acceptors (Lipinski definition) is 3. The maximum absolute atomic E-state index is 12.2. The molecular formula is C13H21NO4. The third-order valence-corrected chi connectivity index (χ3v) is 3.48. The molecule has 0 radical (unpaired) electrons. The summed E-state index contributed by atoms with van der Waals surface area (Å²) >= 11 is 0. The number of carboxylic acids is 1. The predicted molar refractivity (Wildman–Crippen MR) is 65.2 cm³/mol. The fourth-order valence-corrected chi connectivity index (χ4v) is 2.60. The molecule has 0 aromatic carbocycles. The fourth-order valence-electron chi connectivity index (χ4n) is 2.60. The quantitative estimate of drug-likeness (QED) is 0.821. The summed E-state index contributed by atoms with van der Waals surface area (Å²) in [7, 11) is 0. The van der Waals surface area contributed by atoms with Crippen molar-refractivity contribution in [1.29, 1.82) is 0 Å². The van der Waals surface area contributed by atoms with Crippen LogP contribution in [0.2, 0.25) is 0 Å². The number of amides is 1. The van der Waals surface area contributed by atoms with Crippen LogP contribution in [-0.4, -0.2) is 39.8 Å². The molecule has 2 fully saturated rings. The smallest absolute Gasteiger partial charge is 0.411 e. The highest BCUT2D eigenvalue weighted by molar-refractivity contribution is 5.81. The van der Waals surface area contributed by atoms with E-state index in [1.165, 1.54) is 4.90 Å². The van der Waals surface area contributed by atoms with Crippen LogP contribution in [0.25, 0.3) is 0 Å². The topological polar surface area (TPSA) is 66.8 Å². The van der Waals surface area contributed by atoms with Crippen LogP contribution >= 0.6 is 0 Å². The summed E-state index contributed by atoms with van der Waals surface area (Å²) in [4.78, 5) is 24.8. The van der Waals surface area contributed by atoms with Crippen molar-refractivity contribution in [2.45, 2.75) is 64.1 Å². The minimum absolute atomic E-state index is 0.0564. The molecule has 1 saturated carbocycles. The zero-order chi connectivity index (χ0) is 13.5. The van der Waals surface area contributed by atoms with Gasteiger partial charge in [-0.1, -0.05) is 0 Å². The van der Waals surface area contributed by atoms with Gasteiger partial charge >= 0.3 is 12.1 Å². The van der Waals surface area contributed by atoms with E-state index in [1.807, 2.05) is 0 Å². The molecule has 1 saturated heterocycles. The minimum Gasteiger partial charge on any atom is -0.480 e. The summed E-state index contributed by atoms with van der Waals surface area (Å²) < 4.78 is 5.33. The highest BCUT2D eigenvalue weighted by Crippen LogP contribution is 2.42. The van der Waals surface area contributed by atoms with Crippen molar-refractivity contribution < 1.29 is 19.4 Å². The Bertz CT molecular complexity index is 356. The van der Waals surface area contributed by atoms with E-state index in [1.54, 1.807) is 20.8 Å². The zero-order valence-electron chi connectivity index (χ0n) is 11.2. The molecule has 2 unspecified atom stereocenters. The van der Waals surface area contributed by atoms with Gasteiger partial charge in [-0.25, -0.2) is 9.59 Å². The van der Waals surface area contributed by atoms with Gasteiger partial charge in [-0.05, 0) is 52.4 Å². The second-order valence-corrected chi connectivity index (χ2v) is 6.22. The molecule has 2 rings (SSSR count). The molecule has 0 bridgehead atoms. The number of nitrogens with zero attached hydrogens (tertiary/aromatic N) is 1. The van der Waals surface area contributed by atoms with Crippen LogP contribution in [0.3, 0.4) is 0 Å². The van der Waals surface area contributed by atoms with Gasteiger partial charge in [0.2, 0.25) is 0 Å². The van der Waals surface area contributed by atoms with Gasteiger partial charge in [-0.2, -0.15) is 0 Å². The number of likely N-dealkylation sites (tertiary alicyclic amines) is 1. The lowest BCUT2D eigenvalue weighted by atomic mass is 10.1. The lowest BCUT2D eigenvalue weighted by Crippen LogP contribution is -2.47. The summed E-state index contributed by atoms with van der Waals surface area (Å²) in [5, 5.41) is 9.20. The Kier molecular flexibility index (Phi) is 3.25. The first-order valence-corrected chi connectivity index (χ1v) is 6.54. The maximum atomic E-state index is 12.2. The molecule has 1 aliphatic carbocycles. The van der Waals surface area contributed by atoms with Crippen molar-refractivity contribution in [2.24, 2.45) is 5.92 Å². The zero-order valence-corrected chi connectivity index (χ0v) is 11.2. The number of ether oxygens (including phenoxy) is 1. The molecule has 1 heterocycles. The predicted octanol–water partition coefficient (Wildman–Crippen LogP) is 2.25. The molecule has 1 N–H and O–H groups in total. The summed E-state index contributed by atoms with van der Waals surface area (Å²) in [5.74, 6) is -0.453. The van der Waals surface area contributed by atoms with Gasteiger partial charge in [-0.15, -0.1) is 0 Å². The Labute approximate surface area is 107 Å². The van der Waals surface area contributed by atoms with Crippen LogP contribution in [0.5, 0.6) is 0 Å². The lowest BCUT2D eigenvalue weighted by molar-refractivity contribution is -0.142. The Balaban J connectivity index is 2.12. The van der Waals surface area contributed by atoms with Crippen molar-refractivity contribution >= 4 is 12.1 Å². The molecule has 2 aliphatic rings. The Morgan fingerprint density at radius 3 is 2.22 bits per heavy atom. The molecule has 0 aromatic heterocycles. The summed E-state index contributed by atoms with van der Waals surface area (Å²) in [6.07, 6.45) is 3.02. The summed E-state index contributed by atoms with van der Waals surface area (Å²) in [6.45, 7) is 5.38. The van der Waals surface area contributed by atoms with Crippen molar-refractivity contribution in [1.82, 2.24) is 4.90 Å². The highest BCUT2D eigenvalue weighted by Gasteiger charge is 2.48. The fraction of sp³-hybridized carbons (Fsp3) is 0.846. The molecule has 102 valence electrons. The average Bonchev–Trinajstić information content (AvgIpc) is 2.93. The van der Waals surface area contributed by atoms with E-state index < -0.39 is 23.7 Å². The van der Waals surface area contributed by atoms with Crippen molar-refractivity contribution in [2.75, 3.05) is 0 Å². The molecule has 1 amide bonds. The lowest BCUT2D eigenvalue weighted by Gasteiger charge is -2.31. The van der Waals surface area contributed by atoms with E-state index >= 15 is 0 Å². The second-order valence-electron chi connectivity index (χ2n) is 6.22. The molecule has 1 aliphatic heterocycles. The maximum Gasteiger partial charge on any atom is 0.411 e. The van der Waals surface area contributed by atoms with E-state index in [4.69, 9.17) is 4.74 Å². The van der Waals surface area contributed by atoms with Crippen molar-refractivity contribution in [3.8, 4) is 0 Å². The first-order valence-electron chi connectivity index (χ1n) is 6.54. The monoisotopic (exact) mass is 255 g/mol. The van der Waals surface area contributed by atoms with Gasteiger partial charge in [0.05, 0.1) is 0 Å². The molecular weight excluding hydrogens is 234 g/mol. The third kappa shape index (κ3) is 2.76. The van der Waals surface area contributed by atoms with Gasteiger partial charge in [0, 0.05) is 6.04 Å². The Hall–Kier alpha value is -1.26. The normalized spacial score (nSPS) is 28.3. The molecule has 0 spiro atoms. The van der Waals surface area contributed by atoms with Gasteiger partial charge in [0.1, 0.15) is 11.6 Å². The standard InChI is InChI=1S/C13H21NO4/c1-13(2,3)18-12(17)14-9(8-4-5-8)6-7-10(14)11(15)16/h8-10H,4-7H2,1-3H3,(H,15,16). The number of hydrogen-bond donors (Lipinski definition) is 1. The van der Waals surface area contributed by atoms with Crippen LogP contribution in [0, 0.1) is 5.92 Å². The van der Waals surface area contributed by atoms with E-state index in [2.05, 4.69) is 0 Å². The van der Waals surface area contributed by atoms with E-state index in [0.717, 1.165) is 19.3 Å². The number of carbonyl (C=O) groups is 2. The molecule has 5 nitrogen and oxygen atoms in total. The van der Waals surface area contributed by atoms with Crippen LogP contribution in [0.1, 0.15) is 46.5 Å². The molecule has 5 heteroatoms. The molecule has 18 heavy (non-hydrogen) atoms. The van der Waals surface area contributed by atoms with E-state index in [0.29, 0.717) is 12.3 Å². The molecule has 2 atom stereocenters. The summed E-state index contributed by atoms with van der Waals surface area (Å²) in [6, 6.07) is -0.661. The highest BCUT2D eigenvalue weighted by atomic mass is 16.6. The van der Waals surface area contributed by atoms with Crippen LogP contribution < -0.4 is 0 Å². The number of aliphatic carboxylic acids is 1. The van der Waals surface area contributed by atoms with Crippen molar-refractivity contribution in [3.63, 3.8) is 0 Å². The van der Waals surface area contributed by atoms with Crippen molar-refractivity contribution in [3.05, 3.63) is 0 Å². The van der Waals surface area contributed by atoms with Crippen LogP contribution in [0.4, 0.5) is 4.79 Å². The van der Waals surface area contributed by atoms with Gasteiger partial charge in [0.25, 0.3) is 0 Å². The van der Waals surface area contributed by atoms with E-state index in [-0.39, 0.29) is 6.04 Å². The van der Waals surface area contributed by atoms with Gasteiger partial charge in [0.15, 0.2) is 0 Å². The van der Waals surface area contributed by atoms with Gasteiger partial charge < -0.3 is 9.84 Å². The number of carboxylic acid groups (broad SMARTS) is 1. The third-order valence-electron chi connectivity index (χ3n) is 3.48. The second kappa shape index (κ2) is 4.44. The van der Waals surface area contributed by atoms with E-state index in [9.17, 15) is 14.7 Å². The minimum atomic E-state index is -0.927. The first-order chi connectivity index (χ1) is 8.29. The largest absolute Gasteiger partial charge is 0.480 e. The Morgan fingerprint density at radius 2 is 1.78 bits per heavy atom. The number of rotatable bonds is 2. The molecule has 0 aromatic rings. The van der Waals surface area contributed by atoms with Crippen LogP contribution in [-0.2, 0) is 9.53 Å². The van der Waals surface area contributed by atoms with Crippen LogP contribution in [0.15, 0.2) is 0 Å². The number of carbonyl (C=O) groups excluding carboxylic acids is 1. The first kappa shape index (κ1) is 13.2. The Morgan fingerprint density at radius 1 is 1.17 bits per heavy atom.